The molecule has 90 valence electrons. The van der Waals surface area contributed by atoms with Crippen molar-refractivity contribution in [3.05, 3.63) is 11.6 Å². The zero-order valence-corrected chi connectivity index (χ0v) is 10.0. The van der Waals surface area contributed by atoms with Crippen molar-refractivity contribution >= 4 is 9.84 Å². The molecule has 0 bridgehead atoms. The average molecular weight is 244 g/mol. The van der Waals surface area contributed by atoms with Gasteiger partial charge in [-0.2, -0.15) is 5.10 Å². The Labute approximate surface area is 94.8 Å². The van der Waals surface area contributed by atoms with Crippen LogP contribution in [0.4, 0.5) is 0 Å². The Morgan fingerprint density at radius 1 is 1.56 bits per heavy atom. The summed E-state index contributed by atoms with van der Waals surface area (Å²) in [7, 11) is -2.81. The Morgan fingerprint density at radius 2 is 2.38 bits per heavy atom. The van der Waals surface area contributed by atoms with E-state index in [1.807, 2.05) is 6.92 Å². The molecule has 1 aromatic heterocycles. The smallest absolute Gasteiger partial charge is 0.151 e. The highest BCUT2D eigenvalue weighted by Crippen LogP contribution is 2.11. The number of nitrogens with one attached hydrogen (secondary N) is 2. The number of hydrogen-bond donors (Lipinski definition) is 2. The maximum atomic E-state index is 11.2. The second-order valence-electron chi connectivity index (χ2n) is 4.03. The Bertz CT molecular complexity index is 454. The van der Waals surface area contributed by atoms with Crippen LogP contribution in [-0.2, 0) is 22.8 Å². The van der Waals surface area contributed by atoms with Gasteiger partial charge >= 0.3 is 0 Å². The van der Waals surface area contributed by atoms with Gasteiger partial charge < -0.3 is 5.32 Å². The van der Waals surface area contributed by atoms with Gasteiger partial charge in [0.2, 0.25) is 0 Å². The van der Waals surface area contributed by atoms with Gasteiger partial charge in [-0.1, -0.05) is 6.92 Å². The Morgan fingerprint density at radius 3 is 2.94 bits per heavy atom. The van der Waals surface area contributed by atoms with Gasteiger partial charge in [0, 0.05) is 12.5 Å². The molecular formula is C9H16N4O2S. The van der Waals surface area contributed by atoms with E-state index in [1.54, 1.807) is 0 Å². The summed E-state index contributed by atoms with van der Waals surface area (Å²) in [5, 5.41) is 10.0. The first-order valence-corrected chi connectivity index (χ1v) is 7.25. The van der Waals surface area contributed by atoms with Gasteiger partial charge in [-0.05, 0) is 6.42 Å². The molecule has 0 amide bonds. The summed E-state index contributed by atoms with van der Waals surface area (Å²) >= 11 is 0. The fourth-order valence-corrected chi connectivity index (χ4v) is 3.48. The number of H-pyrrole nitrogens is 1. The predicted octanol–water partition coefficient (Wildman–Crippen LogP) is -0.356. The van der Waals surface area contributed by atoms with Gasteiger partial charge in [-0.15, -0.1) is 0 Å². The van der Waals surface area contributed by atoms with E-state index in [0.717, 1.165) is 18.1 Å². The van der Waals surface area contributed by atoms with E-state index >= 15 is 0 Å². The molecule has 2 N–H and O–H groups in total. The monoisotopic (exact) mass is 244 g/mol. The maximum Gasteiger partial charge on any atom is 0.151 e. The molecule has 0 radical (unpaired) electrons. The summed E-state index contributed by atoms with van der Waals surface area (Å²) in [5.41, 5.74) is 0. The molecule has 7 heteroatoms. The second kappa shape index (κ2) is 4.50. The van der Waals surface area contributed by atoms with E-state index in [0.29, 0.717) is 18.7 Å². The van der Waals surface area contributed by atoms with Crippen molar-refractivity contribution in [3.8, 4) is 0 Å². The number of aryl methyl sites for hydroxylation is 1. The van der Waals surface area contributed by atoms with Crippen LogP contribution in [0.5, 0.6) is 0 Å². The van der Waals surface area contributed by atoms with Crippen molar-refractivity contribution in [1.29, 1.82) is 0 Å². The van der Waals surface area contributed by atoms with Gasteiger partial charge in [0.1, 0.15) is 11.6 Å². The first-order chi connectivity index (χ1) is 7.59. The molecule has 16 heavy (non-hydrogen) atoms. The fraction of sp³-hybridized carbons (Fsp3) is 0.778. The fourth-order valence-electron chi connectivity index (χ4n) is 1.77. The lowest BCUT2D eigenvalue weighted by Crippen LogP contribution is -2.29. The minimum Gasteiger partial charge on any atom is -0.306 e. The van der Waals surface area contributed by atoms with E-state index in [9.17, 15) is 8.42 Å². The van der Waals surface area contributed by atoms with E-state index in [-0.39, 0.29) is 11.8 Å². The van der Waals surface area contributed by atoms with E-state index in [1.165, 1.54) is 0 Å². The lowest BCUT2D eigenvalue weighted by molar-refractivity contribution is 0.542. The third-order valence-electron chi connectivity index (χ3n) is 2.68. The Balaban J connectivity index is 1.84. The van der Waals surface area contributed by atoms with Crippen LogP contribution in [0.3, 0.4) is 0 Å². The molecule has 1 saturated heterocycles. The van der Waals surface area contributed by atoms with Crippen molar-refractivity contribution in [2.75, 3.05) is 11.5 Å². The number of sulfone groups is 1. The largest absolute Gasteiger partial charge is 0.306 e. The lowest BCUT2D eigenvalue weighted by Gasteiger charge is -2.07. The minimum atomic E-state index is -2.81. The third-order valence-corrected chi connectivity index (χ3v) is 4.45. The lowest BCUT2D eigenvalue weighted by atomic mass is 10.2. The number of aromatic nitrogens is 3. The van der Waals surface area contributed by atoms with Crippen molar-refractivity contribution in [2.45, 2.75) is 32.4 Å². The molecule has 1 aliphatic rings. The molecule has 1 fully saturated rings. The Hall–Kier alpha value is -0.950. The first kappa shape index (κ1) is 11.5. The number of nitrogens with zero attached hydrogens (tertiary/aromatic N) is 2. The van der Waals surface area contributed by atoms with Crippen molar-refractivity contribution in [1.82, 2.24) is 20.5 Å². The summed E-state index contributed by atoms with van der Waals surface area (Å²) in [6.07, 6.45) is 1.49. The van der Waals surface area contributed by atoms with Crippen molar-refractivity contribution < 1.29 is 8.42 Å². The molecule has 6 nitrogen and oxygen atoms in total. The van der Waals surface area contributed by atoms with E-state index < -0.39 is 9.84 Å². The van der Waals surface area contributed by atoms with Crippen molar-refractivity contribution in [2.24, 2.45) is 0 Å². The maximum absolute atomic E-state index is 11.2. The standard InChI is InChI=1S/C9H16N4O2S/c1-2-8-11-9(13-12-8)5-10-7-3-4-16(14,15)6-7/h7,10H,2-6H2,1H3,(H,11,12,13). The van der Waals surface area contributed by atoms with Gasteiger partial charge in [0.15, 0.2) is 9.84 Å². The molecule has 1 aliphatic heterocycles. The molecule has 2 heterocycles. The summed E-state index contributed by atoms with van der Waals surface area (Å²) in [5.74, 6) is 2.08. The summed E-state index contributed by atoms with van der Waals surface area (Å²) in [4.78, 5) is 4.25. The zero-order valence-electron chi connectivity index (χ0n) is 9.23. The molecule has 1 aromatic rings. The van der Waals surface area contributed by atoms with Crippen LogP contribution < -0.4 is 5.32 Å². The van der Waals surface area contributed by atoms with E-state index in [2.05, 4.69) is 20.5 Å². The highest BCUT2D eigenvalue weighted by atomic mass is 32.2. The van der Waals surface area contributed by atoms with Crippen LogP contribution in [0.1, 0.15) is 25.0 Å². The number of rotatable bonds is 4. The van der Waals surface area contributed by atoms with Crippen LogP contribution >= 0.6 is 0 Å². The molecule has 0 aromatic carbocycles. The minimum absolute atomic E-state index is 0.0557. The Kier molecular flexibility index (Phi) is 3.25. The molecule has 0 spiro atoms. The zero-order chi connectivity index (χ0) is 11.6. The van der Waals surface area contributed by atoms with Gasteiger partial charge in [-0.3, -0.25) is 5.10 Å². The third kappa shape index (κ3) is 2.79. The summed E-state index contributed by atoms with van der Waals surface area (Å²) < 4.78 is 22.5. The molecule has 1 unspecified atom stereocenters. The quantitative estimate of drug-likeness (QED) is 0.755. The topological polar surface area (TPSA) is 87.7 Å². The molecule has 0 aliphatic carbocycles. The summed E-state index contributed by atoms with van der Waals surface area (Å²) in [6.45, 7) is 2.54. The first-order valence-electron chi connectivity index (χ1n) is 5.43. The van der Waals surface area contributed by atoms with Crippen LogP contribution in [0, 0.1) is 0 Å². The summed E-state index contributed by atoms with van der Waals surface area (Å²) in [6, 6.07) is 0.0557. The highest BCUT2D eigenvalue weighted by Gasteiger charge is 2.27. The van der Waals surface area contributed by atoms with Crippen LogP contribution in [-0.4, -0.2) is 41.1 Å². The SMILES string of the molecule is CCc1n[nH]c(CNC2CCS(=O)(=O)C2)n1. The predicted molar refractivity (Wildman–Crippen MR) is 59.7 cm³/mol. The number of aromatic amines is 1. The van der Waals surface area contributed by atoms with Crippen LogP contribution in [0.25, 0.3) is 0 Å². The van der Waals surface area contributed by atoms with Crippen LogP contribution in [0.2, 0.25) is 0 Å². The van der Waals surface area contributed by atoms with Gasteiger partial charge in [0.25, 0.3) is 0 Å². The second-order valence-corrected chi connectivity index (χ2v) is 6.26. The highest BCUT2D eigenvalue weighted by molar-refractivity contribution is 7.91. The molecule has 2 rings (SSSR count). The molecule has 1 atom stereocenters. The van der Waals surface area contributed by atoms with Gasteiger partial charge in [-0.25, -0.2) is 13.4 Å². The van der Waals surface area contributed by atoms with E-state index in [4.69, 9.17) is 0 Å². The number of hydrogen-bond acceptors (Lipinski definition) is 5. The van der Waals surface area contributed by atoms with Gasteiger partial charge in [0.05, 0.1) is 18.1 Å². The average Bonchev–Trinajstić information content (AvgIpc) is 2.81. The molecule has 0 saturated carbocycles. The normalized spacial score (nSPS) is 23.7. The van der Waals surface area contributed by atoms with Crippen LogP contribution in [0.15, 0.2) is 0 Å². The molecular weight excluding hydrogens is 228 g/mol. The van der Waals surface area contributed by atoms with Crippen molar-refractivity contribution in [3.63, 3.8) is 0 Å².